The number of nitrogens with zero attached hydrogens (tertiary/aromatic N) is 2. The Labute approximate surface area is 181 Å². The molecular formula is C19H19F3N4O5S. The van der Waals surface area contributed by atoms with E-state index >= 15 is 0 Å². The van der Waals surface area contributed by atoms with Gasteiger partial charge in [-0.2, -0.15) is 18.3 Å². The van der Waals surface area contributed by atoms with Gasteiger partial charge in [-0.15, -0.1) is 0 Å². The summed E-state index contributed by atoms with van der Waals surface area (Å²) in [6, 6.07) is 9.82. The zero-order valence-corrected chi connectivity index (χ0v) is 17.5. The number of carbonyl (C=O) groups is 2. The fraction of sp³-hybridized carbons (Fsp3) is 0.211. The van der Waals surface area contributed by atoms with Crippen molar-refractivity contribution in [2.75, 3.05) is 23.7 Å². The second-order valence-electron chi connectivity index (χ2n) is 6.43. The van der Waals surface area contributed by atoms with Crippen LogP contribution in [0.3, 0.4) is 0 Å². The molecule has 2 rings (SSSR count). The van der Waals surface area contributed by atoms with E-state index in [1.54, 1.807) is 12.1 Å². The fourth-order valence-corrected chi connectivity index (χ4v) is 3.23. The first-order valence-electron chi connectivity index (χ1n) is 8.84. The molecule has 0 unspecified atom stereocenters. The van der Waals surface area contributed by atoms with Crippen molar-refractivity contribution in [3.63, 3.8) is 0 Å². The number of primary amides is 1. The molecule has 0 aliphatic heterocycles. The number of hydrogen-bond acceptors (Lipinski definition) is 6. The van der Waals surface area contributed by atoms with Crippen LogP contribution >= 0.6 is 0 Å². The number of alkyl halides is 3. The Morgan fingerprint density at radius 2 is 1.84 bits per heavy atom. The van der Waals surface area contributed by atoms with Crippen molar-refractivity contribution in [3.05, 3.63) is 59.7 Å². The smallest absolute Gasteiger partial charge is 0.416 e. The van der Waals surface area contributed by atoms with Crippen LogP contribution in [0.25, 0.3) is 0 Å². The van der Waals surface area contributed by atoms with Crippen LogP contribution in [0.5, 0.6) is 5.75 Å². The number of halogens is 3. The van der Waals surface area contributed by atoms with Gasteiger partial charge in [0.1, 0.15) is 12.3 Å². The minimum Gasteiger partial charge on any atom is -0.484 e. The van der Waals surface area contributed by atoms with Gasteiger partial charge in [0, 0.05) is 0 Å². The highest BCUT2D eigenvalue weighted by molar-refractivity contribution is 7.92. The number of nitrogens with one attached hydrogen (secondary N) is 1. The van der Waals surface area contributed by atoms with E-state index in [9.17, 15) is 31.2 Å². The van der Waals surface area contributed by atoms with Gasteiger partial charge in [0.25, 0.3) is 11.8 Å². The summed E-state index contributed by atoms with van der Waals surface area (Å²) in [5.41, 5.74) is 6.26. The summed E-state index contributed by atoms with van der Waals surface area (Å²) in [7, 11) is -4.06. The molecule has 2 aromatic rings. The van der Waals surface area contributed by atoms with Crippen molar-refractivity contribution in [1.29, 1.82) is 0 Å². The molecule has 0 aromatic heterocycles. The van der Waals surface area contributed by atoms with E-state index in [0.29, 0.717) is 21.7 Å². The van der Waals surface area contributed by atoms with Gasteiger partial charge < -0.3 is 10.5 Å². The molecule has 0 fully saturated rings. The number of hydrogen-bond donors (Lipinski definition) is 2. The lowest BCUT2D eigenvalue weighted by molar-refractivity contribution is -0.137. The van der Waals surface area contributed by atoms with Crippen molar-refractivity contribution in [2.45, 2.75) is 6.18 Å². The van der Waals surface area contributed by atoms with Gasteiger partial charge in [0.15, 0.2) is 6.61 Å². The third-order valence-corrected chi connectivity index (χ3v) is 4.95. The summed E-state index contributed by atoms with van der Waals surface area (Å²) >= 11 is 0. The number of hydrazone groups is 1. The van der Waals surface area contributed by atoms with Crippen molar-refractivity contribution in [1.82, 2.24) is 5.43 Å². The first-order chi connectivity index (χ1) is 14.9. The number of amides is 2. The SMILES string of the molecule is CS(=O)(=O)N(CC(=O)NN=Cc1ccc(OCC(N)=O)cc1)c1cccc(C(F)(F)F)c1. The van der Waals surface area contributed by atoms with E-state index in [1.165, 1.54) is 18.3 Å². The predicted octanol–water partition coefficient (Wildman–Crippen LogP) is 1.49. The number of benzene rings is 2. The van der Waals surface area contributed by atoms with Gasteiger partial charge in [0.05, 0.1) is 23.7 Å². The minimum absolute atomic E-state index is 0.286. The third-order valence-electron chi connectivity index (χ3n) is 3.81. The summed E-state index contributed by atoms with van der Waals surface area (Å²) < 4.78 is 68.5. The Hall–Kier alpha value is -3.61. The van der Waals surface area contributed by atoms with Crippen molar-refractivity contribution in [2.24, 2.45) is 10.8 Å². The van der Waals surface area contributed by atoms with Crippen LogP contribution in [0.15, 0.2) is 53.6 Å². The number of nitrogens with two attached hydrogens (primary N) is 1. The molecule has 9 nitrogen and oxygen atoms in total. The molecule has 0 atom stereocenters. The summed E-state index contributed by atoms with van der Waals surface area (Å²) in [6.07, 6.45) is -2.65. The molecule has 0 aliphatic carbocycles. The Kier molecular flexibility index (Phi) is 7.81. The van der Waals surface area contributed by atoms with Crippen LogP contribution in [0, 0.1) is 0 Å². The molecule has 0 spiro atoms. The first kappa shape index (κ1) is 24.7. The predicted molar refractivity (Wildman–Crippen MR) is 111 cm³/mol. The number of anilines is 1. The van der Waals surface area contributed by atoms with E-state index in [4.69, 9.17) is 10.5 Å². The molecule has 32 heavy (non-hydrogen) atoms. The van der Waals surface area contributed by atoms with Crippen LogP contribution in [-0.4, -0.2) is 45.9 Å². The van der Waals surface area contributed by atoms with Gasteiger partial charge in [0.2, 0.25) is 10.0 Å². The highest BCUT2D eigenvalue weighted by Crippen LogP contribution is 2.32. The molecule has 172 valence electrons. The molecule has 0 radical (unpaired) electrons. The van der Waals surface area contributed by atoms with Gasteiger partial charge in [-0.05, 0) is 48.0 Å². The third kappa shape index (κ3) is 7.58. The highest BCUT2D eigenvalue weighted by Gasteiger charge is 2.32. The number of ether oxygens (including phenoxy) is 1. The Morgan fingerprint density at radius 3 is 2.41 bits per heavy atom. The van der Waals surface area contributed by atoms with Crippen LogP contribution in [-0.2, 0) is 25.8 Å². The summed E-state index contributed by atoms with van der Waals surface area (Å²) in [5.74, 6) is -1.12. The van der Waals surface area contributed by atoms with E-state index in [-0.39, 0.29) is 12.3 Å². The molecule has 2 amide bonds. The zero-order chi connectivity index (χ0) is 23.9. The highest BCUT2D eigenvalue weighted by atomic mass is 32.2. The first-order valence-corrected chi connectivity index (χ1v) is 10.7. The lowest BCUT2D eigenvalue weighted by atomic mass is 10.2. The standard InChI is InChI=1S/C19H19F3N4O5S/c1-32(29,30)26(15-4-2-3-14(9-15)19(20,21)22)11-18(28)25-24-10-13-5-7-16(8-6-13)31-12-17(23)27/h2-10H,11-12H2,1H3,(H2,23,27)(H,25,28). The normalized spacial score (nSPS) is 11.9. The molecule has 0 aliphatic rings. The molecule has 13 heteroatoms. The van der Waals surface area contributed by atoms with Crippen LogP contribution < -0.4 is 20.2 Å². The second-order valence-corrected chi connectivity index (χ2v) is 8.34. The average Bonchev–Trinajstić information content (AvgIpc) is 2.70. The van der Waals surface area contributed by atoms with Gasteiger partial charge in [-0.25, -0.2) is 13.8 Å². The Bertz CT molecular complexity index is 1100. The van der Waals surface area contributed by atoms with E-state index in [1.807, 2.05) is 0 Å². The van der Waals surface area contributed by atoms with Crippen LogP contribution in [0.2, 0.25) is 0 Å². The molecule has 3 N–H and O–H groups in total. The zero-order valence-electron chi connectivity index (χ0n) is 16.7. The van der Waals surface area contributed by atoms with Crippen LogP contribution in [0.4, 0.5) is 18.9 Å². The lowest BCUT2D eigenvalue weighted by Crippen LogP contribution is -2.39. The average molecular weight is 472 g/mol. The lowest BCUT2D eigenvalue weighted by Gasteiger charge is -2.22. The maximum atomic E-state index is 12.9. The summed E-state index contributed by atoms with van der Waals surface area (Å²) in [5, 5.41) is 3.69. The monoisotopic (exact) mass is 472 g/mol. The molecule has 0 bridgehead atoms. The quantitative estimate of drug-likeness (QED) is 0.422. The molecule has 0 saturated heterocycles. The number of sulfonamides is 1. The number of rotatable bonds is 9. The van der Waals surface area contributed by atoms with Crippen molar-refractivity contribution in [3.8, 4) is 5.75 Å². The number of carbonyl (C=O) groups excluding carboxylic acids is 2. The Balaban J connectivity index is 2.05. The van der Waals surface area contributed by atoms with Gasteiger partial charge in [-0.3, -0.25) is 13.9 Å². The molecule has 0 heterocycles. The molecule has 0 saturated carbocycles. The fourth-order valence-electron chi connectivity index (χ4n) is 2.39. The van der Waals surface area contributed by atoms with Gasteiger partial charge in [-0.1, -0.05) is 6.07 Å². The maximum Gasteiger partial charge on any atom is 0.416 e. The van der Waals surface area contributed by atoms with Crippen molar-refractivity contribution < 1.29 is 35.9 Å². The van der Waals surface area contributed by atoms with E-state index in [0.717, 1.165) is 24.5 Å². The topological polar surface area (TPSA) is 131 Å². The van der Waals surface area contributed by atoms with Crippen LogP contribution in [0.1, 0.15) is 11.1 Å². The van der Waals surface area contributed by atoms with Crippen molar-refractivity contribution >= 4 is 33.7 Å². The van der Waals surface area contributed by atoms with Gasteiger partial charge >= 0.3 is 6.18 Å². The van der Waals surface area contributed by atoms with E-state index < -0.39 is 40.1 Å². The molecular weight excluding hydrogens is 453 g/mol. The summed E-state index contributed by atoms with van der Waals surface area (Å²) in [6.45, 7) is -1.07. The Morgan fingerprint density at radius 1 is 1.19 bits per heavy atom. The summed E-state index contributed by atoms with van der Waals surface area (Å²) in [4.78, 5) is 22.8. The molecule has 2 aromatic carbocycles. The minimum atomic E-state index is -4.67. The van der Waals surface area contributed by atoms with E-state index in [2.05, 4.69) is 10.5 Å². The maximum absolute atomic E-state index is 12.9. The second kappa shape index (κ2) is 10.1. The largest absolute Gasteiger partial charge is 0.484 e.